The van der Waals surface area contributed by atoms with E-state index in [4.69, 9.17) is 11.6 Å². The Labute approximate surface area is 127 Å². The van der Waals surface area contributed by atoms with Gasteiger partial charge in [0.05, 0.1) is 9.16 Å². The van der Waals surface area contributed by atoms with Gasteiger partial charge in [-0.2, -0.15) is 0 Å². The maximum Gasteiger partial charge on any atom is 0.0931 e. The summed E-state index contributed by atoms with van der Waals surface area (Å²) >= 11 is 15.2. The quantitative estimate of drug-likeness (QED) is 0.531. The van der Waals surface area contributed by atoms with Crippen LogP contribution in [0.25, 0.3) is 0 Å². The van der Waals surface area contributed by atoms with Gasteiger partial charge < -0.3 is 0 Å². The van der Waals surface area contributed by atoms with Crippen LogP contribution in [0.2, 0.25) is 0 Å². The van der Waals surface area contributed by atoms with Gasteiger partial charge in [-0.25, -0.2) is 0 Å². The lowest BCUT2D eigenvalue weighted by Gasteiger charge is -2.12. The van der Waals surface area contributed by atoms with Crippen LogP contribution in [0.3, 0.4) is 0 Å². The summed E-state index contributed by atoms with van der Waals surface area (Å²) in [5.74, 6) is 0. The predicted octanol–water partition coefficient (Wildman–Crippen LogP) is 6.22. The van der Waals surface area contributed by atoms with Gasteiger partial charge in [-0.1, -0.05) is 18.2 Å². The smallest absolute Gasteiger partial charge is 0.0931 e. The van der Waals surface area contributed by atoms with Gasteiger partial charge >= 0.3 is 0 Å². The van der Waals surface area contributed by atoms with Crippen molar-refractivity contribution in [1.82, 2.24) is 0 Å². The van der Waals surface area contributed by atoms with E-state index in [-0.39, 0.29) is 5.38 Å². The molecule has 0 aliphatic heterocycles. The number of alkyl halides is 1. The van der Waals surface area contributed by atoms with Crippen molar-refractivity contribution >= 4 is 54.8 Å². The van der Waals surface area contributed by atoms with E-state index in [0.717, 1.165) is 13.1 Å². The van der Waals surface area contributed by atoms with E-state index >= 15 is 0 Å². The van der Waals surface area contributed by atoms with E-state index in [2.05, 4.69) is 70.0 Å². The highest BCUT2D eigenvalue weighted by atomic mass is 79.9. The molecule has 0 fully saturated rings. The summed E-state index contributed by atoms with van der Waals surface area (Å²) in [4.78, 5) is 1.15. The van der Waals surface area contributed by atoms with E-state index in [1.807, 2.05) is 0 Å². The van der Waals surface area contributed by atoms with Gasteiger partial charge in [0, 0.05) is 9.35 Å². The van der Waals surface area contributed by atoms with Crippen molar-refractivity contribution in [2.75, 3.05) is 0 Å². The third-order valence-corrected chi connectivity index (χ3v) is 6.75. The zero-order valence-electron chi connectivity index (χ0n) is 9.43. The highest BCUT2D eigenvalue weighted by Gasteiger charge is 2.17. The second kappa shape index (κ2) is 5.43. The number of halogens is 3. The molecular formula is C13H11Br2ClS. The Kier molecular flexibility index (Phi) is 4.35. The Morgan fingerprint density at radius 3 is 2.53 bits per heavy atom. The minimum absolute atomic E-state index is 0.0810. The highest BCUT2D eigenvalue weighted by molar-refractivity contribution is 9.13. The number of hydrogen-bond acceptors (Lipinski definition) is 1. The van der Waals surface area contributed by atoms with Crippen molar-refractivity contribution in [3.05, 3.63) is 54.1 Å². The fraction of sp³-hybridized carbons (Fsp3) is 0.231. The third-order valence-electron chi connectivity index (χ3n) is 2.83. The molecule has 0 saturated carbocycles. The zero-order chi connectivity index (χ0) is 12.6. The van der Waals surface area contributed by atoms with Gasteiger partial charge in [0.15, 0.2) is 0 Å². The second-order valence-electron chi connectivity index (χ2n) is 3.92. The average Bonchev–Trinajstić information content (AvgIpc) is 2.62. The van der Waals surface area contributed by atoms with Crippen LogP contribution in [-0.2, 0) is 0 Å². The molecule has 90 valence electrons. The Balaban J connectivity index is 2.43. The van der Waals surface area contributed by atoms with E-state index in [1.165, 1.54) is 16.7 Å². The lowest BCUT2D eigenvalue weighted by atomic mass is 10.0. The molecule has 1 aromatic heterocycles. The molecule has 1 atom stereocenters. The number of thiophene rings is 1. The average molecular weight is 395 g/mol. The van der Waals surface area contributed by atoms with Gasteiger partial charge in [0.1, 0.15) is 0 Å². The minimum atomic E-state index is -0.0810. The van der Waals surface area contributed by atoms with Crippen molar-refractivity contribution < 1.29 is 0 Å². The molecule has 4 heteroatoms. The SMILES string of the molecule is Cc1cccc(C(Cl)c2cc(Br)c(Br)s2)c1C. The first-order valence-electron chi connectivity index (χ1n) is 5.15. The van der Waals surface area contributed by atoms with Crippen LogP contribution in [0, 0.1) is 13.8 Å². The summed E-state index contributed by atoms with van der Waals surface area (Å²) in [7, 11) is 0. The Morgan fingerprint density at radius 1 is 1.24 bits per heavy atom. The van der Waals surface area contributed by atoms with E-state index in [1.54, 1.807) is 11.3 Å². The van der Waals surface area contributed by atoms with Crippen LogP contribution in [0.4, 0.5) is 0 Å². The fourth-order valence-corrected chi connectivity index (χ4v) is 4.21. The third kappa shape index (κ3) is 2.78. The first kappa shape index (κ1) is 13.6. The molecule has 0 N–H and O–H groups in total. The normalized spacial score (nSPS) is 12.8. The first-order valence-corrected chi connectivity index (χ1v) is 7.99. The number of aryl methyl sites for hydroxylation is 1. The predicted molar refractivity (Wildman–Crippen MR) is 83.3 cm³/mol. The molecule has 2 aromatic rings. The summed E-state index contributed by atoms with van der Waals surface area (Å²) in [6.45, 7) is 4.24. The molecule has 0 radical (unpaired) electrons. The van der Waals surface area contributed by atoms with Crippen LogP contribution in [-0.4, -0.2) is 0 Å². The molecule has 0 aliphatic rings. The number of rotatable bonds is 2. The van der Waals surface area contributed by atoms with Crippen LogP contribution >= 0.6 is 54.8 Å². The van der Waals surface area contributed by atoms with Crippen LogP contribution in [0.5, 0.6) is 0 Å². The molecule has 0 saturated heterocycles. The summed E-state index contributed by atoms with van der Waals surface area (Å²) in [5.41, 5.74) is 3.74. The molecule has 0 amide bonds. The van der Waals surface area contributed by atoms with Gasteiger partial charge in [-0.15, -0.1) is 22.9 Å². The van der Waals surface area contributed by atoms with Crippen molar-refractivity contribution in [3.8, 4) is 0 Å². The molecule has 17 heavy (non-hydrogen) atoms. The topological polar surface area (TPSA) is 0 Å². The van der Waals surface area contributed by atoms with Crippen molar-refractivity contribution in [2.45, 2.75) is 19.2 Å². The van der Waals surface area contributed by atoms with Gasteiger partial charge in [-0.05, 0) is 68.5 Å². The molecule has 0 nitrogen and oxygen atoms in total. The molecule has 0 aliphatic carbocycles. The number of hydrogen-bond donors (Lipinski definition) is 0. The van der Waals surface area contributed by atoms with Gasteiger partial charge in [-0.3, -0.25) is 0 Å². The fourth-order valence-electron chi connectivity index (χ4n) is 1.69. The molecule has 1 heterocycles. The monoisotopic (exact) mass is 392 g/mol. The summed E-state index contributed by atoms with van der Waals surface area (Å²) < 4.78 is 2.15. The maximum atomic E-state index is 6.56. The maximum absolute atomic E-state index is 6.56. The zero-order valence-corrected chi connectivity index (χ0v) is 14.2. The Hall–Kier alpha value is 0.170. The van der Waals surface area contributed by atoms with E-state index < -0.39 is 0 Å². The molecule has 0 spiro atoms. The van der Waals surface area contributed by atoms with Crippen molar-refractivity contribution in [1.29, 1.82) is 0 Å². The standard InChI is InChI=1S/C13H11Br2ClS/c1-7-4-3-5-9(8(7)2)12(16)11-6-10(14)13(15)17-11/h3-6,12H,1-2H3. The molecule has 0 bridgehead atoms. The molecule has 1 unspecified atom stereocenters. The van der Waals surface area contributed by atoms with E-state index in [9.17, 15) is 0 Å². The summed E-state index contributed by atoms with van der Waals surface area (Å²) in [5, 5.41) is -0.0810. The summed E-state index contributed by atoms with van der Waals surface area (Å²) in [6, 6.07) is 8.35. The van der Waals surface area contributed by atoms with E-state index in [0.29, 0.717) is 0 Å². The first-order chi connectivity index (χ1) is 8.00. The lowest BCUT2D eigenvalue weighted by Crippen LogP contribution is -1.95. The molecule has 2 rings (SSSR count). The lowest BCUT2D eigenvalue weighted by molar-refractivity contribution is 1.12. The summed E-state index contributed by atoms with van der Waals surface area (Å²) in [6.07, 6.45) is 0. The Bertz CT molecular complexity index is 529. The van der Waals surface area contributed by atoms with Crippen molar-refractivity contribution in [3.63, 3.8) is 0 Å². The van der Waals surface area contributed by atoms with Crippen LogP contribution in [0.15, 0.2) is 32.5 Å². The molecular weight excluding hydrogens is 383 g/mol. The number of benzene rings is 1. The highest BCUT2D eigenvalue weighted by Crippen LogP contribution is 2.41. The van der Waals surface area contributed by atoms with Crippen LogP contribution < -0.4 is 0 Å². The largest absolute Gasteiger partial charge is 0.130 e. The van der Waals surface area contributed by atoms with Crippen LogP contribution in [0.1, 0.15) is 26.9 Å². The second-order valence-corrected chi connectivity index (χ2v) is 7.61. The minimum Gasteiger partial charge on any atom is -0.130 e. The Morgan fingerprint density at radius 2 is 1.94 bits per heavy atom. The van der Waals surface area contributed by atoms with Gasteiger partial charge in [0.2, 0.25) is 0 Å². The molecule has 1 aromatic carbocycles. The van der Waals surface area contributed by atoms with Gasteiger partial charge in [0.25, 0.3) is 0 Å². The van der Waals surface area contributed by atoms with Crippen molar-refractivity contribution in [2.24, 2.45) is 0 Å².